The third-order valence-corrected chi connectivity index (χ3v) is 3.11. The first kappa shape index (κ1) is 14.3. The summed E-state index contributed by atoms with van der Waals surface area (Å²) in [5.41, 5.74) is 1.31. The molecule has 0 radical (unpaired) electrons. The van der Waals surface area contributed by atoms with E-state index < -0.39 is 5.82 Å². The van der Waals surface area contributed by atoms with Crippen molar-refractivity contribution in [2.24, 2.45) is 0 Å². The molecule has 0 aliphatic heterocycles. The van der Waals surface area contributed by atoms with E-state index in [-0.39, 0.29) is 11.0 Å². The highest BCUT2D eigenvalue weighted by Gasteiger charge is 2.08. The van der Waals surface area contributed by atoms with Gasteiger partial charge in [0.1, 0.15) is 5.82 Å². The minimum Gasteiger partial charge on any atom is -0.494 e. The fourth-order valence-electron chi connectivity index (χ4n) is 1.90. The van der Waals surface area contributed by atoms with Gasteiger partial charge in [-0.25, -0.2) is 14.4 Å². The molecule has 2 aromatic heterocycles. The summed E-state index contributed by atoms with van der Waals surface area (Å²) in [5, 5.41) is 10.0. The Hall–Kier alpha value is -2.67. The minimum atomic E-state index is -0.438. The predicted molar refractivity (Wildman–Crippen MR) is 80.9 cm³/mol. The Balaban J connectivity index is 1.83. The van der Waals surface area contributed by atoms with Gasteiger partial charge in [-0.3, -0.25) is 5.10 Å². The summed E-state index contributed by atoms with van der Waals surface area (Å²) in [7, 11) is 1.42. The SMILES string of the molecule is COc1ccc(-c2cc(Nc3ccnc(Cl)n3)n[nH]2)cc1F. The summed E-state index contributed by atoms with van der Waals surface area (Å²) in [6.45, 7) is 0. The molecular formula is C14H11ClFN5O. The van der Waals surface area contributed by atoms with Crippen molar-refractivity contribution in [2.75, 3.05) is 12.4 Å². The molecule has 2 heterocycles. The smallest absolute Gasteiger partial charge is 0.224 e. The summed E-state index contributed by atoms with van der Waals surface area (Å²) in [6, 6.07) is 8.06. The van der Waals surface area contributed by atoms with Crippen molar-refractivity contribution in [1.29, 1.82) is 0 Å². The molecule has 0 atom stereocenters. The Kier molecular flexibility index (Phi) is 3.88. The first-order chi connectivity index (χ1) is 10.7. The summed E-state index contributed by atoms with van der Waals surface area (Å²) >= 11 is 5.71. The van der Waals surface area contributed by atoms with Gasteiger partial charge in [0.05, 0.1) is 12.8 Å². The van der Waals surface area contributed by atoms with Crippen LogP contribution in [0.4, 0.5) is 16.0 Å². The average molecular weight is 320 g/mol. The van der Waals surface area contributed by atoms with E-state index in [2.05, 4.69) is 25.5 Å². The molecule has 1 aromatic carbocycles. The van der Waals surface area contributed by atoms with Crippen LogP contribution in [0.1, 0.15) is 0 Å². The Morgan fingerprint density at radius 2 is 2.09 bits per heavy atom. The van der Waals surface area contributed by atoms with Crippen LogP contribution in [0.25, 0.3) is 11.3 Å². The Bertz CT molecular complexity index is 807. The molecule has 0 saturated carbocycles. The minimum absolute atomic E-state index is 0.137. The van der Waals surface area contributed by atoms with Crippen molar-refractivity contribution < 1.29 is 9.13 Å². The largest absolute Gasteiger partial charge is 0.494 e. The van der Waals surface area contributed by atoms with Gasteiger partial charge in [0.15, 0.2) is 17.4 Å². The molecule has 3 aromatic rings. The number of aromatic amines is 1. The van der Waals surface area contributed by atoms with E-state index in [1.165, 1.54) is 19.4 Å². The topological polar surface area (TPSA) is 75.7 Å². The zero-order chi connectivity index (χ0) is 15.5. The van der Waals surface area contributed by atoms with Gasteiger partial charge >= 0.3 is 0 Å². The maximum absolute atomic E-state index is 13.7. The van der Waals surface area contributed by atoms with Crippen LogP contribution in [0.15, 0.2) is 36.5 Å². The molecule has 3 rings (SSSR count). The number of hydrogen-bond donors (Lipinski definition) is 2. The Morgan fingerprint density at radius 1 is 1.23 bits per heavy atom. The van der Waals surface area contributed by atoms with E-state index in [0.717, 1.165) is 0 Å². The van der Waals surface area contributed by atoms with Gasteiger partial charge in [0.2, 0.25) is 5.28 Å². The van der Waals surface area contributed by atoms with E-state index in [1.54, 1.807) is 24.3 Å². The Morgan fingerprint density at radius 3 is 2.82 bits per heavy atom. The third-order valence-electron chi connectivity index (χ3n) is 2.92. The number of nitrogens with zero attached hydrogens (tertiary/aromatic N) is 3. The second-order valence-corrected chi connectivity index (χ2v) is 4.69. The quantitative estimate of drug-likeness (QED) is 0.721. The van der Waals surface area contributed by atoms with Crippen molar-refractivity contribution in [1.82, 2.24) is 20.2 Å². The van der Waals surface area contributed by atoms with Gasteiger partial charge in [-0.15, -0.1) is 0 Å². The van der Waals surface area contributed by atoms with Gasteiger partial charge in [-0.2, -0.15) is 5.10 Å². The van der Waals surface area contributed by atoms with Crippen molar-refractivity contribution >= 4 is 23.2 Å². The van der Waals surface area contributed by atoms with Crippen molar-refractivity contribution in [3.05, 3.63) is 47.6 Å². The number of nitrogens with one attached hydrogen (secondary N) is 2. The van der Waals surface area contributed by atoms with E-state index in [0.29, 0.717) is 22.9 Å². The lowest BCUT2D eigenvalue weighted by Gasteiger charge is -2.03. The summed E-state index contributed by atoms with van der Waals surface area (Å²) < 4.78 is 18.6. The lowest BCUT2D eigenvalue weighted by atomic mass is 10.1. The molecule has 8 heteroatoms. The lowest BCUT2D eigenvalue weighted by molar-refractivity contribution is 0.386. The van der Waals surface area contributed by atoms with Gasteiger partial charge < -0.3 is 10.1 Å². The number of benzene rings is 1. The van der Waals surface area contributed by atoms with Crippen LogP contribution in [0.2, 0.25) is 5.28 Å². The van der Waals surface area contributed by atoms with Crippen LogP contribution in [0.3, 0.4) is 0 Å². The number of H-pyrrole nitrogens is 1. The molecule has 0 bridgehead atoms. The van der Waals surface area contributed by atoms with E-state index >= 15 is 0 Å². The van der Waals surface area contributed by atoms with Crippen LogP contribution in [-0.4, -0.2) is 27.3 Å². The average Bonchev–Trinajstić information content (AvgIpc) is 2.95. The number of ether oxygens (including phenoxy) is 1. The number of aromatic nitrogens is 4. The fourth-order valence-corrected chi connectivity index (χ4v) is 2.05. The summed E-state index contributed by atoms with van der Waals surface area (Å²) in [6.07, 6.45) is 1.53. The standard InChI is InChI=1S/C14H11ClFN5O/c1-22-11-3-2-8(6-9(11)16)10-7-13(21-20-10)18-12-4-5-17-14(15)19-12/h2-7H,1H3,(H2,17,18,19,20,21). The number of rotatable bonds is 4. The normalized spacial score (nSPS) is 10.5. The number of halogens is 2. The van der Waals surface area contributed by atoms with Gasteiger partial charge in [-0.05, 0) is 35.9 Å². The highest BCUT2D eigenvalue weighted by molar-refractivity contribution is 6.28. The van der Waals surface area contributed by atoms with Crippen molar-refractivity contribution in [3.63, 3.8) is 0 Å². The monoisotopic (exact) mass is 319 g/mol. The lowest BCUT2D eigenvalue weighted by Crippen LogP contribution is -1.94. The van der Waals surface area contributed by atoms with E-state index in [1.807, 2.05) is 0 Å². The van der Waals surface area contributed by atoms with Crippen LogP contribution < -0.4 is 10.1 Å². The van der Waals surface area contributed by atoms with Crippen LogP contribution in [0, 0.1) is 5.82 Å². The van der Waals surface area contributed by atoms with Gasteiger partial charge in [0, 0.05) is 17.8 Å². The molecule has 0 aliphatic rings. The molecule has 0 spiro atoms. The number of hydrogen-bond acceptors (Lipinski definition) is 5. The van der Waals surface area contributed by atoms with Gasteiger partial charge in [-0.1, -0.05) is 0 Å². The molecule has 0 saturated heterocycles. The van der Waals surface area contributed by atoms with E-state index in [9.17, 15) is 4.39 Å². The second kappa shape index (κ2) is 5.98. The van der Waals surface area contributed by atoms with Crippen LogP contribution in [0.5, 0.6) is 5.75 Å². The van der Waals surface area contributed by atoms with Crippen LogP contribution >= 0.6 is 11.6 Å². The van der Waals surface area contributed by atoms with E-state index in [4.69, 9.17) is 16.3 Å². The third kappa shape index (κ3) is 2.99. The molecule has 0 unspecified atom stereocenters. The number of methoxy groups -OCH3 is 1. The highest BCUT2D eigenvalue weighted by Crippen LogP contribution is 2.26. The first-order valence-corrected chi connectivity index (χ1v) is 6.68. The molecule has 6 nitrogen and oxygen atoms in total. The van der Waals surface area contributed by atoms with Gasteiger partial charge in [0.25, 0.3) is 0 Å². The van der Waals surface area contributed by atoms with Crippen molar-refractivity contribution in [2.45, 2.75) is 0 Å². The zero-order valence-corrected chi connectivity index (χ0v) is 12.2. The fraction of sp³-hybridized carbons (Fsp3) is 0.0714. The molecular weight excluding hydrogens is 309 g/mol. The Labute approximate surface area is 130 Å². The molecule has 112 valence electrons. The predicted octanol–water partition coefficient (Wildman–Crippen LogP) is 3.41. The molecule has 0 amide bonds. The second-order valence-electron chi connectivity index (χ2n) is 4.35. The number of anilines is 2. The molecule has 0 fully saturated rings. The molecule has 22 heavy (non-hydrogen) atoms. The summed E-state index contributed by atoms with van der Waals surface area (Å²) in [4.78, 5) is 7.79. The zero-order valence-electron chi connectivity index (χ0n) is 11.5. The first-order valence-electron chi connectivity index (χ1n) is 6.30. The molecule has 0 aliphatic carbocycles. The maximum atomic E-state index is 13.7. The maximum Gasteiger partial charge on any atom is 0.224 e. The highest BCUT2D eigenvalue weighted by atomic mass is 35.5. The molecule has 2 N–H and O–H groups in total. The van der Waals surface area contributed by atoms with Crippen LogP contribution in [-0.2, 0) is 0 Å². The van der Waals surface area contributed by atoms with Crippen molar-refractivity contribution in [3.8, 4) is 17.0 Å². The summed E-state index contributed by atoms with van der Waals surface area (Å²) in [5.74, 6) is 0.795.